The first-order valence-electron chi connectivity index (χ1n) is 4.81. The van der Waals surface area contributed by atoms with E-state index in [0.29, 0.717) is 5.56 Å². The van der Waals surface area contributed by atoms with Crippen LogP contribution >= 0.6 is 0 Å². The molecule has 1 aromatic rings. The average molecular weight is 211 g/mol. The van der Waals surface area contributed by atoms with Crippen LogP contribution in [-0.2, 0) is 0 Å². The molecule has 0 aromatic heterocycles. The van der Waals surface area contributed by atoms with Crippen molar-refractivity contribution in [1.29, 1.82) is 0 Å². The van der Waals surface area contributed by atoms with E-state index in [1.165, 1.54) is 0 Å². The van der Waals surface area contributed by atoms with Crippen molar-refractivity contribution in [2.24, 2.45) is 5.73 Å². The molecule has 0 fully saturated rings. The fourth-order valence-electron chi connectivity index (χ4n) is 1.44. The van der Waals surface area contributed by atoms with Crippen LogP contribution in [0.25, 0.3) is 0 Å². The number of hydrogen-bond donors (Lipinski definition) is 3. The molecule has 0 saturated heterocycles. The monoisotopic (exact) mass is 211 g/mol. The van der Waals surface area contributed by atoms with E-state index in [9.17, 15) is 10.2 Å². The third-order valence-corrected chi connectivity index (χ3v) is 2.37. The van der Waals surface area contributed by atoms with Gasteiger partial charge in [0.05, 0.1) is 13.2 Å². The molecule has 84 valence electrons. The van der Waals surface area contributed by atoms with Crippen LogP contribution in [0.15, 0.2) is 18.2 Å². The van der Waals surface area contributed by atoms with Gasteiger partial charge in [0.1, 0.15) is 11.9 Å². The van der Waals surface area contributed by atoms with Gasteiger partial charge >= 0.3 is 0 Å². The zero-order valence-electron chi connectivity index (χ0n) is 8.97. The van der Waals surface area contributed by atoms with Gasteiger partial charge in [0.15, 0.2) is 0 Å². The Balaban J connectivity index is 2.92. The Morgan fingerprint density at radius 1 is 1.40 bits per heavy atom. The summed E-state index contributed by atoms with van der Waals surface area (Å²) in [6, 6.07) is 5.26. The highest BCUT2D eigenvalue weighted by Gasteiger charge is 2.17. The minimum absolute atomic E-state index is 0.0340. The maximum Gasteiger partial charge on any atom is 0.121 e. The summed E-state index contributed by atoms with van der Waals surface area (Å²) in [6.07, 6.45) is -1.88. The minimum atomic E-state index is -0.945. The van der Waals surface area contributed by atoms with Gasteiger partial charge < -0.3 is 20.7 Å². The molecule has 1 aromatic carbocycles. The van der Waals surface area contributed by atoms with Crippen LogP contribution in [0, 0.1) is 6.92 Å². The van der Waals surface area contributed by atoms with Crippen LogP contribution in [0.5, 0.6) is 5.75 Å². The Kier molecular flexibility index (Phi) is 4.08. The molecule has 0 aliphatic rings. The number of nitrogens with two attached hydrogens (primary N) is 1. The van der Waals surface area contributed by atoms with Gasteiger partial charge in [-0.2, -0.15) is 0 Å². The van der Waals surface area contributed by atoms with Crippen molar-refractivity contribution in [1.82, 2.24) is 0 Å². The van der Waals surface area contributed by atoms with Gasteiger partial charge in [-0.25, -0.2) is 0 Å². The summed E-state index contributed by atoms with van der Waals surface area (Å²) in [5.41, 5.74) is 6.83. The SMILES string of the molecule is COc1ccc(C(O)C(O)CN)cc1C. The molecular weight excluding hydrogens is 194 g/mol. The Hall–Kier alpha value is -1.10. The molecule has 0 bridgehead atoms. The molecule has 0 aliphatic heterocycles. The first-order valence-corrected chi connectivity index (χ1v) is 4.81. The van der Waals surface area contributed by atoms with E-state index >= 15 is 0 Å². The summed E-state index contributed by atoms with van der Waals surface area (Å²) in [4.78, 5) is 0. The van der Waals surface area contributed by atoms with Crippen molar-refractivity contribution >= 4 is 0 Å². The summed E-state index contributed by atoms with van der Waals surface area (Å²) >= 11 is 0. The van der Waals surface area contributed by atoms with Crippen LogP contribution < -0.4 is 10.5 Å². The Labute approximate surface area is 89.3 Å². The number of benzene rings is 1. The number of aliphatic hydroxyl groups is 2. The quantitative estimate of drug-likeness (QED) is 0.672. The summed E-state index contributed by atoms with van der Waals surface area (Å²) in [5.74, 6) is 0.758. The number of ether oxygens (including phenoxy) is 1. The Morgan fingerprint density at radius 2 is 2.07 bits per heavy atom. The van der Waals surface area contributed by atoms with Gasteiger partial charge in [-0.3, -0.25) is 0 Å². The summed E-state index contributed by atoms with van der Waals surface area (Å²) in [5, 5.41) is 19.1. The van der Waals surface area contributed by atoms with Crippen LogP contribution in [0.2, 0.25) is 0 Å². The molecule has 4 heteroatoms. The highest BCUT2D eigenvalue weighted by molar-refractivity contribution is 5.37. The lowest BCUT2D eigenvalue weighted by Crippen LogP contribution is -2.27. The molecule has 0 spiro atoms. The van der Waals surface area contributed by atoms with Crippen LogP contribution in [0.1, 0.15) is 17.2 Å². The van der Waals surface area contributed by atoms with Gasteiger partial charge in [0, 0.05) is 6.54 Å². The van der Waals surface area contributed by atoms with Crippen molar-refractivity contribution in [3.05, 3.63) is 29.3 Å². The lowest BCUT2D eigenvalue weighted by atomic mass is 10.0. The number of aliphatic hydroxyl groups excluding tert-OH is 2. The van der Waals surface area contributed by atoms with Crippen LogP contribution in [0.4, 0.5) is 0 Å². The standard InChI is InChI=1S/C11H17NO3/c1-7-5-8(3-4-10(7)15-2)11(14)9(13)6-12/h3-5,9,11,13-14H,6,12H2,1-2H3. The zero-order valence-corrected chi connectivity index (χ0v) is 8.97. The predicted molar refractivity (Wildman–Crippen MR) is 57.8 cm³/mol. The molecule has 15 heavy (non-hydrogen) atoms. The normalized spacial score (nSPS) is 14.7. The van der Waals surface area contributed by atoms with Gasteiger partial charge in [-0.15, -0.1) is 0 Å². The molecular formula is C11H17NO3. The Bertz CT molecular complexity index is 328. The van der Waals surface area contributed by atoms with Crippen molar-refractivity contribution < 1.29 is 14.9 Å². The van der Waals surface area contributed by atoms with Crippen LogP contribution in [0.3, 0.4) is 0 Å². The van der Waals surface area contributed by atoms with Gasteiger partial charge in [0.25, 0.3) is 0 Å². The highest BCUT2D eigenvalue weighted by atomic mass is 16.5. The van der Waals surface area contributed by atoms with E-state index in [4.69, 9.17) is 10.5 Å². The topological polar surface area (TPSA) is 75.7 Å². The molecule has 2 unspecified atom stereocenters. The van der Waals surface area contributed by atoms with E-state index in [1.807, 2.05) is 6.92 Å². The smallest absolute Gasteiger partial charge is 0.121 e. The van der Waals surface area contributed by atoms with E-state index in [1.54, 1.807) is 25.3 Å². The average Bonchev–Trinajstić information content (AvgIpc) is 2.26. The Morgan fingerprint density at radius 3 is 2.53 bits per heavy atom. The van der Waals surface area contributed by atoms with Crippen LogP contribution in [-0.4, -0.2) is 30.0 Å². The van der Waals surface area contributed by atoms with Crippen molar-refractivity contribution in [2.75, 3.05) is 13.7 Å². The van der Waals surface area contributed by atoms with Gasteiger partial charge in [-0.05, 0) is 30.2 Å². The highest BCUT2D eigenvalue weighted by Crippen LogP contribution is 2.23. The van der Waals surface area contributed by atoms with E-state index < -0.39 is 12.2 Å². The molecule has 1 rings (SSSR count). The number of methoxy groups -OCH3 is 1. The third kappa shape index (κ3) is 2.68. The fraction of sp³-hybridized carbons (Fsp3) is 0.455. The first kappa shape index (κ1) is 12.0. The van der Waals surface area contributed by atoms with E-state index in [2.05, 4.69) is 0 Å². The molecule has 0 aliphatic carbocycles. The second kappa shape index (κ2) is 5.11. The second-order valence-corrected chi connectivity index (χ2v) is 3.48. The largest absolute Gasteiger partial charge is 0.496 e. The van der Waals surface area contributed by atoms with Crippen molar-refractivity contribution in [3.63, 3.8) is 0 Å². The number of rotatable bonds is 4. The minimum Gasteiger partial charge on any atom is -0.496 e. The number of aryl methyl sites for hydroxylation is 1. The second-order valence-electron chi connectivity index (χ2n) is 3.48. The summed E-state index contributed by atoms with van der Waals surface area (Å²) in [7, 11) is 1.59. The van der Waals surface area contributed by atoms with Crippen molar-refractivity contribution in [3.8, 4) is 5.75 Å². The lowest BCUT2D eigenvalue weighted by Gasteiger charge is -2.17. The molecule has 0 amide bonds. The number of hydrogen-bond acceptors (Lipinski definition) is 4. The first-order chi connectivity index (χ1) is 7.10. The zero-order chi connectivity index (χ0) is 11.4. The lowest BCUT2D eigenvalue weighted by molar-refractivity contribution is 0.0243. The molecule has 0 radical (unpaired) electrons. The summed E-state index contributed by atoms with van der Waals surface area (Å²) in [6.45, 7) is 1.91. The maximum absolute atomic E-state index is 9.71. The van der Waals surface area contributed by atoms with Gasteiger partial charge in [0.2, 0.25) is 0 Å². The summed E-state index contributed by atoms with van der Waals surface area (Å²) < 4.78 is 5.10. The molecule has 2 atom stereocenters. The maximum atomic E-state index is 9.71. The predicted octanol–water partition coefficient (Wildman–Crippen LogP) is 0.357. The van der Waals surface area contributed by atoms with E-state index in [0.717, 1.165) is 11.3 Å². The molecule has 0 heterocycles. The fourth-order valence-corrected chi connectivity index (χ4v) is 1.44. The van der Waals surface area contributed by atoms with Gasteiger partial charge in [-0.1, -0.05) is 6.07 Å². The molecule has 4 N–H and O–H groups in total. The third-order valence-electron chi connectivity index (χ3n) is 2.37. The molecule has 4 nitrogen and oxygen atoms in total. The molecule has 0 saturated carbocycles. The van der Waals surface area contributed by atoms with E-state index in [-0.39, 0.29) is 6.54 Å². The van der Waals surface area contributed by atoms with Crippen molar-refractivity contribution in [2.45, 2.75) is 19.1 Å².